The third-order valence-electron chi connectivity index (χ3n) is 4.88. The van der Waals surface area contributed by atoms with E-state index in [0.717, 1.165) is 49.0 Å². The summed E-state index contributed by atoms with van der Waals surface area (Å²) in [5.41, 5.74) is 2.46. The van der Waals surface area contributed by atoms with E-state index in [-0.39, 0.29) is 5.91 Å². The van der Waals surface area contributed by atoms with Crippen LogP contribution in [0.2, 0.25) is 0 Å². The average Bonchev–Trinajstić information content (AvgIpc) is 3.27. The zero-order valence-corrected chi connectivity index (χ0v) is 11.6. The van der Waals surface area contributed by atoms with Crippen LogP contribution in [-0.2, 0) is 6.42 Å². The molecule has 106 valence electrons. The number of hydrogen-bond acceptors (Lipinski definition) is 3. The lowest BCUT2D eigenvalue weighted by atomic mass is 9.87. The topological polar surface area (TPSA) is 52.6 Å². The number of amides is 1. The molecule has 0 aromatic heterocycles. The third-order valence-corrected chi connectivity index (χ3v) is 4.88. The van der Waals surface area contributed by atoms with Gasteiger partial charge in [-0.1, -0.05) is 6.07 Å². The molecule has 4 nitrogen and oxygen atoms in total. The first kappa shape index (κ1) is 12.2. The minimum Gasteiger partial charge on any atom is -0.386 e. The normalized spacial score (nSPS) is 23.6. The number of carbonyl (C=O) groups is 1. The maximum absolute atomic E-state index is 12.6. The fraction of sp³-hybridized carbons (Fsp3) is 0.562. The summed E-state index contributed by atoms with van der Waals surface area (Å²) in [5, 5.41) is 13.7. The van der Waals surface area contributed by atoms with Gasteiger partial charge in [-0.2, -0.15) is 0 Å². The van der Waals surface area contributed by atoms with Crippen molar-refractivity contribution in [3.63, 3.8) is 0 Å². The molecule has 2 aliphatic heterocycles. The summed E-state index contributed by atoms with van der Waals surface area (Å²) in [6.07, 6.45) is 4.26. The highest BCUT2D eigenvalue weighted by atomic mass is 16.3. The molecule has 4 rings (SSSR count). The monoisotopic (exact) mass is 272 g/mol. The Morgan fingerprint density at radius 3 is 2.90 bits per heavy atom. The van der Waals surface area contributed by atoms with Crippen molar-refractivity contribution in [3.8, 4) is 0 Å². The molecule has 2 heterocycles. The number of β-amino-alcohol motifs (C(OH)–C–C–N with tert-alkyl or cyclic N) is 1. The molecule has 0 radical (unpaired) electrons. The molecule has 1 amide bonds. The van der Waals surface area contributed by atoms with Crippen LogP contribution in [0.3, 0.4) is 0 Å². The minimum absolute atomic E-state index is 0.0795. The van der Waals surface area contributed by atoms with E-state index in [2.05, 4.69) is 5.32 Å². The number of likely N-dealkylation sites (tertiary alicyclic amines) is 1. The van der Waals surface area contributed by atoms with E-state index in [9.17, 15) is 9.90 Å². The lowest BCUT2D eigenvalue weighted by Gasteiger charge is -2.47. The molecular formula is C16H20N2O2. The Morgan fingerprint density at radius 1 is 1.35 bits per heavy atom. The number of benzene rings is 1. The number of fused-ring (bicyclic) bond motifs is 1. The standard InChI is InChI=1S/C16H20N2O2/c19-15(18-9-16(20,10-18)11-6-7-11)13-3-1-5-14-12(13)4-2-8-17-14/h1,3,5,11,17,20H,2,4,6-10H2. The van der Waals surface area contributed by atoms with E-state index in [1.807, 2.05) is 18.2 Å². The Morgan fingerprint density at radius 2 is 2.15 bits per heavy atom. The quantitative estimate of drug-likeness (QED) is 0.860. The molecule has 1 aromatic rings. The van der Waals surface area contributed by atoms with Crippen molar-refractivity contribution >= 4 is 11.6 Å². The van der Waals surface area contributed by atoms with Crippen molar-refractivity contribution in [2.45, 2.75) is 31.3 Å². The van der Waals surface area contributed by atoms with E-state index in [1.165, 1.54) is 0 Å². The van der Waals surface area contributed by atoms with Crippen LogP contribution in [0, 0.1) is 5.92 Å². The highest BCUT2D eigenvalue weighted by Crippen LogP contribution is 2.45. The smallest absolute Gasteiger partial charge is 0.254 e. The van der Waals surface area contributed by atoms with Gasteiger partial charge < -0.3 is 15.3 Å². The maximum Gasteiger partial charge on any atom is 0.254 e. The summed E-state index contributed by atoms with van der Waals surface area (Å²) in [7, 11) is 0. The van der Waals surface area contributed by atoms with E-state index in [1.54, 1.807) is 4.90 Å². The van der Waals surface area contributed by atoms with Crippen LogP contribution in [-0.4, -0.2) is 41.1 Å². The lowest BCUT2D eigenvalue weighted by molar-refractivity contribution is -0.0958. The molecule has 0 unspecified atom stereocenters. The number of rotatable bonds is 2. The van der Waals surface area contributed by atoms with Gasteiger partial charge in [0.15, 0.2) is 0 Å². The molecule has 0 spiro atoms. The largest absolute Gasteiger partial charge is 0.386 e. The maximum atomic E-state index is 12.6. The van der Waals surface area contributed by atoms with Crippen LogP contribution in [0.1, 0.15) is 35.2 Å². The van der Waals surface area contributed by atoms with Gasteiger partial charge in [-0.05, 0) is 49.3 Å². The summed E-state index contributed by atoms with van der Waals surface area (Å²) in [5.74, 6) is 0.508. The van der Waals surface area contributed by atoms with Crippen LogP contribution in [0.15, 0.2) is 18.2 Å². The first-order valence-corrected chi connectivity index (χ1v) is 7.55. The number of nitrogens with one attached hydrogen (secondary N) is 1. The van der Waals surface area contributed by atoms with Crippen molar-refractivity contribution in [2.24, 2.45) is 5.92 Å². The van der Waals surface area contributed by atoms with Gasteiger partial charge in [-0.15, -0.1) is 0 Å². The molecule has 1 saturated carbocycles. The van der Waals surface area contributed by atoms with Crippen LogP contribution in [0.25, 0.3) is 0 Å². The molecule has 0 atom stereocenters. The van der Waals surface area contributed by atoms with Crippen LogP contribution in [0.5, 0.6) is 0 Å². The highest BCUT2D eigenvalue weighted by Gasteiger charge is 2.53. The zero-order valence-electron chi connectivity index (χ0n) is 11.6. The fourth-order valence-electron chi connectivity index (χ4n) is 3.52. The third kappa shape index (κ3) is 1.82. The molecule has 1 aliphatic carbocycles. The van der Waals surface area contributed by atoms with Gasteiger partial charge in [-0.25, -0.2) is 0 Å². The predicted molar refractivity (Wildman–Crippen MR) is 76.8 cm³/mol. The number of aliphatic hydroxyl groups is 1. The lowest BCUT2D eigenvalue weighted by Crippen LogP contribution is -2.64. The van der Waals surface area contributed by atoms with Gasteiger partial charge in [0, 0.05) is 17.8 Å². The van der Waals surface area contributed by atoms with Crippen LogP contribution in [0.4, 0.5) is 5.69 Å². The SMILES string of the molecule is O=C(c1cccc2c1CCCN2)N1CC(O)(C2CC2)C1. The van der Waals surface area contributed by atoms with E-state index >= 15 is 0 Å². The van der Waals surface area contributed by atoms with Crippen LogP contribution >= 0.6 is 0 Å². The number of carbonyl (C=O) groups excluding carboxylic acids is 1. The van der Waals surface area contributed by atoms with Crippen molar-refractivity contribution in [2.75, 3.05) is 25.0 Å². The highest BCUT2D eigenvalue weighted by molar-refractivity contribution is 5.98. The second-order valence-electron chi connectivity index (χ2n) is 6.40. The minimum atomic E-state index is -0.594. The van der Waals surface area contributed by atoms with Gasteiger partial charge in [0.25, 0.3) is 5.91 Å². The number of nitrogens with zero attached hydrogens (tertiary/aromatic N) is 1. The van der Waals surface area contributed by atoms with Gasteiger partial charge >= 0.3 is 0 Å². The van der Waals surface area contributed by atoms with Crippen molar-refractivity contribution in [1.82, 2.24) is 4.90 Å². The summed E-state index contributed by atoms with van der Waals surface area (Å²) >= 11 is 0. The van der Waals surface area contributed by atoms with Crippen molar-refractivity contribution < 1.29 is 9.90 Å². The molecule has 2 N–H and O–H groups in total. The molecule has 1 saturated heterocycles. The number of anilines is 1. The predicted octanol–water partition coefficient (Wildman–Crippen LogP) is 1.64. The zero-order chi connectivity index (χ0) is 13.7. The van der Waals surface area contributed by atoms with E-state index < -0.39 is 5.60 Å². The summed E-state index contributed by atoms with van der Waals surface area (Å²) in [6, 6.07) is 5.90. The Kier molecular flexibility index (Phi) is 2.58. The number of hydrogen-bond donors (Lipinski definition) is 2. The van der Waals surface area contributed by atoms with E-state index in [0.29, 0.717) is 19.0 Å². The summed E-state index contributed by atoms with van der Waals surface area (Å²) in [6.45, 7) is 2.00. The molecule has 2 fully saturated rings. The van der Waals surface area contributed by atoms with E-state index in [4.69, 9.17) is 0 Å². The summed E-state index contributed by atoms with van der Waals surface area (Å²) in [4.78, 5) is 14.4. The molecule has 4 heteroatoms. The molecular weight excluding hydrogens is 252 g/mol. The van der Waals surface area contributed by atoms with Gasteiger partial charge in [0.1, 0.15) is 5.60 Å². The average molecular weight is 272 g/mol. The fourth-order valence-corrected chi connectivity index (χ4v) is 3.52. The second kappa shape index (κ2) is 4.22. The molecule has 3 aliphatic rings. The Hall–Kier alpha value is -1.55. The summed E-state index contributed by atoms with van der Waals surface area (Å²) < 4.78 is 0. The van der Waals surface area contributed by atoms with Gasteiger partial charge in [-0.3, -0.25) is 4.79 Å². The van der Waals surface area contributed by atoms with Crippen LogP contribution < -0.4 is 5.32 Å². The molecule has 20 heavy (non-hydrogen) atoms. The Bertz CT molecular complexity index is 560. The molecule has 0 bridgehead atoms. The van der Waals surface area contributed by atoms with Gasteiger partial charge in [0.2, 0.25) is 0 Å². The second-order valence-corrected chi connectivity index (χ2v) is 6.40. The Labute approximate surface area is 118 Å². The van der Waals surface area contributed by atoms with Crippen molar-refractivity contribution in [1.29, 1.82) is 0 Å². The Balaban J connectivity index is 1.55. The van der Waals surface area contributed by atoms with Gasteiger partial charge in [0.05, 0.1) is 13.1 Å². The first-order chi connectivity index (χ1) is 9.67. The molecule has 1 aromatic carbocycles. The van der Waals surface area contributed by atoms with Crippen molar-refractivity contribution in [3.05, 3.63) is 29.3 Å². The first-order valence-electron chi connectivity index (χ1n) is 7.55.